The summed E-state index contributed by atoms with van der Waals surface area (Å²) in [5.74, 6) is -0.0390. The number of alkyl halides is 6. The summed E-state index contributed by atoms with van der Waals surface area (Å²) in [5, 5.41) is 2.91. The van der Waals surface area contributed by atoms with Gasteiger partial charge in [0.25, 0.3) is 5.91 Å². The maximum atomic E-state index is 11.4. The molecular formula is C13H23F6N3O5S2. The van der Waals surface area contributed by atoms with Crippen molar-refractivity contribution in [1.29, 1.82) is 0 Å². The van der Waals surface area contributed by atoms with Gasteiger partial charge in [-0.2, -0.15) is 26.3 Å². The van der Waals surface area contributed by atoms with Crippen LogP contribution >= 0.6 is 0 Å². The number of amides is 1. The third-order valence-corrected chi connectivity index (χ3v) is 6.50. The van der Waals surface area contributed by atoms with Crippen LogP contribution in [0.5, 0.6) is 0 Å². The minimum atomic E-state index is -6.72. The van der Waals surface area contributed by atoms with E-state index in [2.05, 4.69) is 32.7 Å². The van der Waals surface area contributed by atoms with Crippen LogP contribution < -0.4 is 5.32 Å². The van der Waals surface area contributed by atoms with Gasteiger partial charge in [-0.25, -0.2) is 16.8 Å². The highest BCUT2D eigenvalue weighted by Gasteiger charge is 2.46. The summed E-state index contributed by atoms with van der Waals surface area (Å²) < 4.78 is 110. The lowest BCUT2D eigenvalue weighted by molar-refractivity contribution is -0.924. The normalized spacial score (nSPS) is 13.3. The van der Waals surface area contributed by atoms with Gasteiger partial charge in [0.2, 0.25) is 0 Å². The molecule has 29 heavy (non-hydrogen) atoms. The lowest BCUT2D eigenvalue weighted by Crippen LogP contribution is -2.54. The van der Waals surface area contributed by atoms with E-state index in [9.17, 15) is 48.0 Å². The van der Waals surface area contributed by atoms with Crippen molar-refractivity contribution < 1.29 is 52.5 Å². The Morgan fingerprint density at radius 1 is 0.897 bits per heavy atom. The van der Waals surface area contributed by atoms with Crippen LogP contribution in [0.4, 0.5) is 26.3 Å². The molecular weight excluding hydrogens is 456 g/mol. The van der Waals surface area contributed by atoms with Crippen LogP contribution in [0.3, 0.4) is 0 Å². The molecule has 0 aromatic rings. The molecule has 0 heterocycles. The number of carbonyl (C=O) groups excluding carboxylic acids is 1. The highest BCUT2D eigenvalue weighted by atomic mass is 32.3. The van der Waals surface area contributed by atoms with E-state index in [1.807, 2.05) is 0 Å². The van der Waals surface area contributed by atoms with Crippen molar-refractivity contribution in [3.05, 3.63) is 16.3 Å². The molecule has 16 heteroatoms. The smallest absolute Gasteiger partial charge is 0.421 e. The van der Waals surface area contributed by atoms with E-state index in [0.717, 1.165) is 28.2 Å². The van der Waals surface area contributed by atoms with Gasteiger partial charge < -0.3 is 13.9 Å². The Morgan fingerprint density at radius 2 is 1.21 bits per heavy atom. The molecule has 0 aliphatic rings. The van der Waals surface area contributed by atoms with E-state index in [0.29, 0.717) is 12.2 Å². The van der Waals surface area contributed by atoms with Gasteiger partial charge in [-0.05, 0) is 27.7 Å². The summed E-state index contributed by atoms with van der Waals surface area (Å²) in [4.78, 5) is 11.3. The second-order valence-corrected chi connectivity index (χ2v) is 9.07. The fraction of sp³-hybridized carbons (Fsp3) is 0.769. The van der Waals surface area contributed by atoms with Crippen molar-refractivity contribution in [2.24, 2.45) is 0 Å². The van der Waals surface area contributed by atoms with Gasteiger partial charge in [0.15, 0.2) is 26.7 Å². The molecule has 0 aromatic carbocycles. The van der Waals surface area contributed by atoms with Crippen LogP contribution in [0, 0.1) is 0 Å². The molecule has 1 amide bonds. The summed E-state index contributed by atoms with van der Waals surface area (Å²) in [7, 11) is -13.4. The van der Waals surface area contributed by atoms with E-state index in [4.69, 9.17) is 0 Å². The van der Waals surface area contributed by atoms with Gasteiger partial charge >= 0.3 is 11.0 Å². The molecule has 0 bridgehead atoms. The summed E-state index contributed by atoms with van der Waals surface area (Å²) in [6.45, 7) is 15.6. The molecule has 8 nitrogen and oxygen atoms in total. The van der Waals surface area contributed by atoms with Gasteiger partial charge in [0, 0.05) is 5.57 Å². The third-order valence-electron chi connectivity index (χ3n) is 3.76. The van der Waals surface area contributed by atoms with Crippen LogP contribution in [0.25, 0.3) is 4.13 Å². The lowest BCUT2D eigenvalue weighted by Gasteiger charge is -2.35. The van der Waals surface area contributed by atoms with Crippen LogP contribution in [0.1, 0.15) is 27.7 Å². The summed E-state index contributed by atoms with van der Waals surface area (Å²) >= 11 is 0. The van der Waals surface area contributed by atoms with Crippen molar-refractivity contribution in [1.82, 2.24) is 5.32 Å². The average molecular weight is 479 g/mol. The molecule has 0 atom stereocenters. The maximum absolute atomic E-state index is 11.4. The van der Waals surface area contributed by atoms with Crippen molar-refractivity contribution in [3.8, 4) is 0 Å². The monoisotopic (exact) mass is 479 g/mol. The predicted molar refractivity (Wildman–Crippen MR) is 93.0 cm³/mol. The van der Waals surface area contributed by atoms with Gasteiger partial charge in [-0.1, -0.05) is 6.58 Å². The molecule has 0 aliphatic heterocycles. The summed E-state index contributed by atoms with van der Waals surface area (Å²) in [6, 6.07) is 0. The Labute approximate surface area is 165 Å². The first-order chi connectivity index (χ1) is 12.7. The molecule has 0 aliphatic carbocycles. The predicted octanol–water partition coefficient (Wildman–Crippen LogP) is 2.57. The van der Waals surface area contributed by atoms with E-state index >= 15 is 0 Å². The number of quaternary nitrogens is 1. The summed E-state index contributed by atoms with van der Waals surface area (Å²) in [5.41, 5.74) is -11.8. The topological polar surface area (TPSA) is 111 Å². The number of nitrogens with zero attached hydrogens (tertiary/aromatic N) is 2. The fourth-order valence-electron chi connectivity index (χ4n) is 1.61. The number of rotatable bonds is 8. The number of nitrogens with one attached hydrogen (secondary N) is 1. The van der Waals surface area contributed by atoms with Gasteiger partial charge in [0.1, 0.15) is 0 Å². The van der Waals surface area contributed by atoms with Crippen LogP contribution in [0.15, 0.2) is 12.2 Å². The highest BCUT2D eigenvalue weighted by Crippen LogP contribution is 2.36. The molecule has 0 saturated carbocycles. The molecule has 0 aromatic heterocycles. The molecule has 0 fully saturated rings. The number of halogens is 6. The number of hydrogen-bond donors (Lipinski definition) is 1. The molecule has 0 rings (SSSR count). The zero-order valence-corrected chi connectivity index (χ0v) is 17.7. The van der Waals surface area contributed by atoms with Crippen molar-refractivity contribution in [2.75, 3.05) is 26.3 Å². The van der Waals surface area contributed by atoms with E-state index < -0.39 is 31.1 Å². The molecule has 0 radical (unpaired) electrons. The second kappa shape index (κ2) is 10.6. The van der Waals surface area contributed by atoms with Gasteiger partial charge in [-0.15, -0.1) is 0 Å². The number of sulfonamides is 2. The van der Waals surface area contributed by atoms with Crippen LogP contribution in [-0.2, 0) is 24.8 Å². The molecule has 1 N–H and O–H groups in total. The first kappa shape index (κ1) is 29.8. The van der Waals surface area contributed by atoms with Crippen molar-refractivity contribution in [2.45, 2.75) is 38.7 Å². The average Bonchev–Trinajstić information content (AvgIpc) is 2.54. The van der Waals surface area contributed by atoms with E-state index in [-0.39, 0.29) is 5.91 Å². The Bertz CT molecular complexity index is 721. The van der Waals surface area contributed by atoms with Crippen molar-refractivity contribution >= 4 is 26.0 Å². The second-order valence-electron chi connectivity index (χ2n) is 5.65. The van der Waals surface area contributed by atoms with Crippen molar-refractivity contribution in [3.63, 3.8) is 0 Å². The first-order valence-corrected chi connectivity index (χ1v) is 10.8. The Hall–Kier alpha value is -1.39. The van der Waals surface area contributed by atoms with E-state index in [1.165, 1.54) is 0 Å². The highest BCUT2D eigenvalue weighted by molar-refractivity contribution is 8.13. The molecule has 0 unspecified atom stereocenters. The molecule has 174 valence electrons. The number of hydrogen-bond acceptors (Lipinski definition) is 5. The lowest BCUT2D eigenvalue weighted by atomic mass is 10.3. The maximum Gasteiger partial charge on any atom is 0.480 e. The molecule has 0 saturated heterocycles. The standard InChI is InChI=1S/C11H22N2O.C2F6NO4S2/c1-6-13(7-2,8-3)9-12-11(14)10(4)5;3-1(4,5)14(10,11)9-15(12,13)2(6,7)8/h4,6-9H2,1-3,5H3;/q;-1/p+1. The fourth-order valence-corrected chi connectivity index (χ4v) is 3.32. The van der Waals surface area contributed by atoms with Gasteiger partial charge in [-0.3, -0.25) is 4.79 Å². The SMILES string of the molecule is C=C(C)C(=O)NC[N+](CC)(CC)CC.O=S(=O)([N-]S(=O)(=O)C(F)(F)F)C(F)(F)F. The minimum absolute atomic E-state index is 0.0390. The molecule has 0 spiro atoms. The minimum Gasteiger partial charge on any atom is -0.421 e. The quantitative estimate of drug-likeness (QED) is 0.249. The first-order valence-electron chi connectivity index (χ1n) is 7.87. The van der Waals surface area contributed by atoms with Gasteiger partial charge in [0.05, 0.1) is 19.6 Å². The Balaban J connectivity index is 0. The van der Waals surface area contributed by atoms with Crippen LogP contribution in [0.2, 0.25) is 0 Å². The zero-order chi connectivity index (χ0) is 23.9. The van der Waals surface area contributed by atoms with Crippen LogP contribution in [-0.4, -0.2) is 64.5 Å². The largest absolute Gasteiger partial charge is 0.480 e. The third kappa shape index (κ3) is 9.31. The number of carbonyl (C=O) groups is 1. The zero-order valence-electron chi connectivity index (χ0n) is 16.1. The summed E-state index contributed by atoms with van der Waals surface area (Å²) in [6.07, 6.45) is 0. The Morgan fingerprint density at radius 3 is 1.41 bits per heavy atom. The van der Waals surface area contributed by atoms with E-state index in [1.54, 1.807) is 6.92 Å². The Kier molecular flexibility index (Phi) is 10.9.